The van der Waals surface area contributed by atoms with Crippen molar-refractivity contribution in [3.05, 3.63) is 24.3 Å². The molecule has 1 heterocycles. The predicted molar refractivity (Wildman–Crippen MR) is 118 cm³/mol. The molecule has 7 heteroatoms. The van der Waals surface area contributed by atoms with Gasteiger partial charge in [0, 0.05) is 26.7 Å². The molecule has 1 aromatic carbocycles. The molecule has 0 spiro atoms. The maximum Gasteiger partial charge on any atom is 0.265 e. The lowest BCUT2D eigenvalue weighted by Gasteiger charge is -2.29. The number of hydrogen-bond donors (Lipinski definition) is 2. The number of halogens is 1. The van der Waals surface area contributed by atoms with Crippen molar-refractivity contribution in [2.24, 2.45) is 10.9 Å². The number of guanidine groups is 1. The van der Waals surface area contributed by atoms with Gasteiger partial charge in [0.05, 0.1) is 5.69 Å². The Labute approximate surface area is 173 Å². The summed E-state index contributed by atoms with van der Waals surface area (Å²) in [5.41, 5.74) is 0.856. The Morgan fingerprint density at radius 3 is 2.69 bits per heavy atom. The summed E-state index contributed by atoms with van der Waals surface area (Å²) in [6.07, 6.45) is 3.17. The average Bonchev–Trinajstić information content (AvgIpc) is 2.65. The van der Waals surface area contributed by atoms with E-state index in [9.17, 15) is 4.79 Å². The van der Waals surface area contributed by atoms with Gasteiger partial charge in [-0.25, -0.2) is 0 Å². The molecule has 1 aliphatic heterocycles. The molecule has 0 saturated heterocycles. The number of fused-ring (bicyclic) bond motifs is 1. The first-order valence-electron chi connectivity index (χ1n) is 9.16. The molecule has 2 rings (SSSR count). The van der Waals surface area contributed by atoms with Crippen molar-refractivity contribution in [2.45, 2.75) is 33.1 Å². The molecule has 146 valence electrons. The molecule has 2 N–H and O–H groups in total. The number of amides is 1. The minimum absolute atomic E-state index is 0. The SMILES string of the molecule is CCC(CC)CNC(=NC)NCCCN1C(=O)COc2ccccc21.I. The molecule has 0 aliphatic carbocycles. The molecule has 0 bridgehead atoms. The smallest absolute Gasteiger partial charge is 0.265 e. The molecule has 0 saturated carbocycles. The summed E-state index contributed by atoms with van der Waals surface area (Å²) in [6.45, 7) is 6.89. The van der Waals surface area contributed by atoms with E-state index in [1.165, 1.54) is 12.8 Å². The number of anilines is 1. The Kier molecular flexibility index (Phi) is 10.4. The highest BCUT2D eigenvalue weighted by atomic mass is 127. The van der Waals surface area contributed by atoms with Crippen molar-refractivity contribution in [1.82, 2.24) is 10.6 Å². The van der Waals surface area contributed by atoms with Crippen LogP contribution in [0.2, 0.25) is 0 Å². The van der Waals surface area contributed by atoms with Gasteiger partial charge in [-0.3, -0.25) is 9.79 Å². The Morgan fingerprint density at radius 1 is 1.27 bits per heavy atom. The van der Waals surface area contributed by atoms with Crippen LogP contribution in [0.15, 0.2) is 29.3 Å². The van der Waals surface area contributed by atoms with E-state index < -0.39 is 0 Å². The zero-order valence-corrected chi connectivity index (χ0v) is 18.3. The first kappa shape index (κ1) is 22.5. The first-order valence-corrected chi connectivity index (χ1v) is 9.16. The molecule has 1 amide bonds. The van der Waals surface area contributed by atoms with Crippen molar-refractivity contribution in [1.29, 1.82) is 0 Å². The lowest BCUT2D eigenvalue weighted by Crippen LogP contribution is -2.42. The highest BCUT2D eigenvalue weighted by Crippen LogP contribution is 2.31. The molecule has 26 heavy (non-hydrogen) atoms. The molecule has 1 aromatic rings. The largest absolute Gasteiger partial charge is 0.482 e. The van der Waals surface area contributed by atoms with Gasteiger partial charge in [-0.05, 0) is 24.5 Å². The third kappa shape index (κ3) is 6.34. The maximum absolute atomic E-state index is 12.1. The summed E-state index contributed by atoms with van der Waals surface area (Å²) >= 11 is 0. The number of nitrogens with zero attached hydrogens (tertiary/aromatic N) is 2. The normalized spacial score (nSPS) is 13.8. The van der Waals surface area contributed by atoms with Crippen LogP contribution >= 0.6 is 24.0 Å². The topological polar surface area (TPSA) is 66.0 Å². The summed E-state index contributed by atoms with van der Waals surface area (Å²) in [7, 11) is 1.78. The highest BCUT2D eigenvalue weighted by molar-refractivity contribution is 14.0. The second kappa shape index (κ2) is 12.0. The highest BCUT2D eigenvalue weighted by Gasteiger charge is 2.24. The van der Waals surface area contributed by atoms with Crippen LogP contribution in [0.3, 0.4) is 0 Å². The van der Waals surface area contributed by atoms with Gasteiger partial charge < -0.3 is 20.3 Å². The van der Waals surface area contributed by atoms with Crippen LogP contribution in [0.4, 0.5) is 5.69 Å². The first-order chi connectivity index (χ1) is 12.2. The third-order valence-electron chi connectivity index (χ3n) is 4.60. The second-order valence-corrected chi connectivity index (χ2v) is 6.22. The van der Waals surface area contributed by atoms with Crippen molar-refractivity contribution in [3.8, 4) is 5.75 Å². The number of benzene rings is 1. The van der Waals surface area contributed by atoms with E-state index in [0.29, 0.717) is 12.5 Å². The summed E-state index contributed by atoms with van der Waals surface area (Å²) in [6, 6.07) is 7.67. The minimum Gasteiger partial charge on any atom is -0.482 e. The van der Waals surface area contributed by atoms with Crippen molar-refractivity contribution < 1.29 is 9.53 Å². The monoisotopic (exact) mass is 474 g/mol. The number of nitrogens with one attached hydrogen (secondary N) is 2. The van der Waals surface area contributed by atoms with Crippen LogP contribution in [-0.2, 0) is 4.79 Å². The van der Waals surface area contributed by atoms with Gasteiger partial charge in [0.2, 0.25) is 0 Å². The van der Waals surface area contributed by atoms with E-state index in [0.717, 1.165) is 36.9 Å². The molecule has 0 radical (unpaired) electrons. The lowest BCUT2D eigenvalue weighted by atomic mass is 10.0. The van der Waals surface area contributed by atoms with E-state index in [4.69, 9.17) is 4.74 Å². The average molecular weight is 474 g/mol. The van der Waals surface area contributed by atoms with E-state index in [1.807, 2.05) is 24.3 Å². The number of hydrogen-bond acceptors (Lipinski definition) is 3. The number of ether oxygens (including phenoxy) is 1. The van der Waals surface area contributed by atoms with Crippen molar-refractivity contribution in [3.63, 3.8) is 0 Å². The zero-order chi connectivity index (χ0) is 18.1. The maximum atomic E-state index is 12.1. The number of rotatable bonds is 8. The van der Waals surface area contributed by atoms with E-state index >= 15 is 0 Å². The van der Waals surface area contributed by atoms with Gasteiger partial charge in [0.1, 0.15) is 5.75 Å². The zero-order valence-electron chi connectivity index (χ0n) is 16.0. The molecule has 0 aromatic heterocycles. The molecule has 1 aliphatic rings. The van der Waals surface area contributed by atoms with E-state index in [1.54, 1.807) is 11.9 Å². The molecule has 6 nitrogen and oxygen atoms in total. The number of para-hydroxylation sites is 2. The lowest BCUT2D eigenvalue weighted by molar-refractivity contribution is -0.121. The van der Waals surface area contributed by atoms with Crippen molar-refractivity contribution in [2.75, 3.05) is 38.2 Å². The molecule has 0 unspecified atom stereocenters. The van der Waals surface area contributed by atoms with Gasteiger partial charge >= 0.3 is 0 Å². The summed E-state index contributed by atoms with van der Waals surface area (Å²) in [5, 5.41) is 6.69. The number of carbonyl (C=O) groups is 1. The Morgan fingerprint density at radius 2 is 2.00 bits per heavy atom. The standard InChI is InChI=1S/C19H30N4O2.HI/c1-4-15(5-2)13-22-19(20-3)21-11-8-12-23-16-9-6-7-10-17(16)25-14-18(23)24;/h6-7,9-10,15H,4-5,8,11-14H2,1-3H3,(H2,20,21,22);1H. The fourth-order valence-electron chi connectivity index (χ4n) is 2.88. The van der Waals surface area contributed by atoms with Gasteiger partial charge in [-0.15, -0.1) is 24.0 Å². The van der Waals surface area contributed by atoms with E-state index in [2.05, 4.69) is 29.5 Å². The summed E-state index contributed by atoms with van der Waals surface area (Å²) in [5.74, 6) is 2.27. The summed E-state index contributed by atoms with van der Waals surface area (Å²) in [4.78, 5) is 18.2. The minimum atomic E-state index is 0. The molecular formula is C19H31IN4O2. The predicted octanol–water partition coefficient (Wildman–Crippen LogP) is 3.02. The van der Waals surface area contributed by atoms with Gasteiger partial charge in [-0.1, -0.05) is 38.8 Å². The fourth-order valence-corrected chi connectivity index (χ4v) is 2.88. The molecular weight excluding hydrogens is 443 g/mol. The van der Waals surface area contributed by atoms with Gasteiger partial charge in [0.25, 0.3) is 5.91 Å². The van der Waals surface area contributed by atoms with Crippen LogP contribution in [-0.4, -0.2) is 45.2 Å². The van der Waals surface area contributed by atoms with Crippen LogP contribution in [0.25, 0.3) is 0 Å². The number of carbonyl (C=O) groups excluding carboxylic acids is 1. The van der Waals surface area contributed by atoms with Crippen LogP contribution in [0.5, 0.6) is 5.75 Å². The van der Waals surface area contributed by atoms with Crippen molar-refractivity contribution >= 4 is 41.5 Å². The van der Waals surface area contributed by atoms with Crippen LogP contribution < -0.4 is 20.3 Å². The fraction of sp³-hybridized carbons (Fsp3) is 0.579. The Bertz CT molecular complexity index is 591. The van der Waals surface area contributed by atoms with Crippen LogP contribution in [0.1, 0.15) is 33.1 Å². The quantitative estimate of drug-likeness (QED) is 0.263. The second-order valence-electron chi connectivity index (χ2n) is 6.22. The third-order valence-corrected chi connectivity index (χ3v) is 4.60. The van der Waals surface area contributed by atoms with Gasteiger partial charge in [-0.2, -0.15) is 0 Å². The molecule has 0 atom stereocenters. The van der Waals surface area contributed by atoms with E-state index in [-0.39, 0.29) is 36.5 Å². The molecule has 0 fully saturated rings. The van der Waals surface area contributed by atoms with Crippen LogP contribution in [0, 0.1) is 5.92 Å². The number of aliphatic imine (C=N–C) groups is 1. The Hall–Kier alpha value is -1.51. The summed E-state index contributed by atoms with van der Waals surface area (Å²) < 4.78 is 5.47. The van der Waals surface area contributed by atoms with Gasteiger partial charge in [0.15, 0.2) is 12.6 Å². The Balaban J connectivity index is 0.00000338.